The lowest BCUT2D eigenvalue weighted by Gasteiger charge is -2.36. The van der Waals surface area contributed by atoms with Crippen molar-refractivity contribution in [2.75, 3.05) is 37.6 Å². The molecule has 28 heavy (non-hydrogen) atoms. The van der Waals surface area contributed by atoms with E-state index in [-0.39, 0.29) is 17.0 Å². The van der Waals surface area contributed by atoms with Crippen molar-refractivity contribution in [3.63, 3.8) is 0 Å². The summed E-state index contributed by atoms with van der Waals surface area (Å²) < 4.78 is 40.9. The van der Waals surface area contributed by atoms with Gasteiger partial charge in [-0.2, -0.15) is 0 Å². The Morgan fingerprint density at radius 1 is 1.11 bits per heavy atom. The molecule has 0 saturated carbocycles. The van der Waals surface area contributed by atoms with Crippen LogP contribution in [0.3, 0.4) is 0 Å². The molecule has 0 radical (unpaired) electrons. The molecule has 2 aromatic carbocycles. The molecule has 0 aromatic heterocycles. The van der Waals surface area contributed by atoms with Crippen molar-refractivity contribution in [2.45, 2.75) is 18.7 Å². The molecule has 1 aliphatic rings. The summed E-state index contributed by atoms with van der Waals surface area (Å²) in [4.78, 5) is 16.4. The van der Waals surface area contributed by atoms with E-state index in [4.69, 9.17) is 0 Å². The Balaban J connectivity index is 1.75. The number of carbonyl (C=O) groups excluding carboxylic acids is 1. The van der Waals surface area contributed by atoms with Gasteiger partial charge in [-0.25, -0.2) is 17.5 Å². The van der Waals surface area contributed by atoms with Gasteiger partial charge >= 0.3 is 0 Å². The minimum atomic E-state index is -3.76. The molecule has 3 rings (SSSR count). The van der Waals surface area contributed by atoms with Gasteiger partial charge in [0.05, 0.1) is 10.5 Å². The van der Waals surface area contributed by atoms with Gasteiger partial charge in [0.2, 0.25) is 10.0 Å². The third-order valence-corrected chi connectivity index (χ3v) is 6.29. The van der Waals surface area contributed by atoms with E-state index >= 15 is 0 Å². The number of nitrogens with one attached hydrogen (secondary N) is 1. The van der Waals surface area contributed by atoms with E-state index in [0.717, 1.165) is 23.4 Å². The lowest BCUT2D eigenvalue weighted by Crippen LogP contribution is -2.49. The van der Waals surface area contributed by atoms with E-state index in [2.05, 4.69) is 15.7 Å². The Hall–Kier alpha value is -2.45. The fraction of sp³-hybridized carbons (Fsp3) is 0.350. The van der Waals surface area contributed by atoms with Crippen molar-refractivity contribution in [1.82, 2.24) is 9.62 Å². The minimum Gasteiger partial charge on any atom is -0.368 e. The molecule has 0 spiro atoms. The van der Waals surface area contributed by atoms with Gasteiger partial charge in [-0.3, -0.25) is 4.79 Å². The van der Waals surface area contributed by atoms with Crippen LogP contribution in [0.1, 0.15) is 22.8 Å². The number of halogens is 1. The number of amides is 1. The Morgan fingerprint density at radius 3 is 2.46 bits per heavy atom. The molecule has 1 N–H and O–H groups in total. The summed E-state index contributed by atoms with van der Waals surface area (Å²) in [6, 6.07) is 11.4. The summed E-state index contributed by atoms with van der Waals surface area (Å²) in [5.41, 5.74) is 2.04. The molecule has 2 aromatic rings. The average molecular weight is 405 g/mol. The fourth-order valence-electron chi connectivity index (χ4n) is 3.27. The highest BCUT2D eigenvalue weighted by molar-refractivity contribution is 7.89. The number of aryl methyl sites for hydroxylation is 1. The quantitative estimate of drug-likeness (QED) is 0.829. The van der Waals surface area contributed by atoms with Crippen LogP contribution >= 0.6 is 0 Å². The molecule has 1 fully saturated rings. The summed E-state index contributed by atoms with van der Waals surface area (Å²) in [5.74, 6) is -1.21. The predicted octanol–water partition coefficient (Wildman–Crippen LogP) is 2.39. The van der Waals surface area contributed by atoms with Crippen LogP contribution in [0, 0.1) is 12.7 Å². The Morgan fingerprint density at radius 2 is 1.82 bits per heavy atom. The Labute approximate surface area is 165 Å². The first-order chi connectivity index (χ1) is 13.3. The fourth-order valence-corrected chi connectivity index (χ4v) is 4.34. The van der Waals surface area contributed by atoms with Gasteiger partial charge in [0.15, 0.2) is 0 Å². The zero-order valence-electron chi connectivity index (χ0n) is 16.0. The second-order valence-corrected chi connectivity index (χ2v) is 8.53. The molecule has 0 bridgehead atoms. The summed E-state index contributed by atoms with van der Waals surface area (Å²) in [6.45, 7) is 6.04. The van der Waals surface area contributed by atoms with Gasteiger partial charge < -0.3 is 9.80 Å². The highest BCUT2D eigenvalue weighted by atomic mass is 32.2. The minimum absolute atomic E-state index is 0.113. The summed E-state index contributed by atoms with van der Waals surface area (Å²) in [6.07, 6.45) is 0. The highest BCUT2D eigenvalue weighted by Crippen LogP contribution is 2.21. The summed E-state index contributed by atoms with van der Waals surface area (Å²) >= 11 is 0. The molecule has 0 unspecified atom stereocenters. The maximum absolute atomic E-state index is 14.3. The van der Waals surface area contributed by atoms with E-state index in [1.165, 1.54) is 6.07 Å². The number of rotatable bonds is 5. The smallest absolute Gasteiger partial charge is 0.256 e. The molecule has 6 nitrogen and oxygen atoms in total. The number of nitrogens with zero attached hydrogens (tertiary/aromatic N) is 2. The van der Waals surface area contributed by atoms with Crippen molar-refractivity contribution >= 4 is 21.6 Å². The average Bonchev–Trinajstić information content (AvgIpc) is 2.68. The SMILES string of the molecule is CCNS(=O)(=O)c1ccc(F)c(C(=O)N2CCN(c3cccc(C)c3)CC2)c1. The normalized spacial score (nSPS) is 15.0. The van der Waals surface area contributed by atoms with Crippen molar-refractivity contribution in [3.8, 4) is 0 Å². The molecular formula is C20H24FN3O3S. The number of hydrogen-bond acceptors (Lipinski definition) is 4. The zero-order valence-corrected chi connectivity index (χ0v) is 16.8. The van der Waals surface area contributed by atoms with Crippen LogP contribution in [0.25, 0.3) is 0 Å². The monoisotopic (exact) mass is 405 g/mol. The summed E-state index contributed by atoms with van der Waals surface area (Å²) in [5, 5.41) is 0. The number of sulfonamides is 1. The Bertz CT molecular complexity index is 970. The van der Waals surface area contributed by atoms with Crippen LogP contribution in [0.15, 0.2) is 47.4 Å². The van der Waals surface area contributed by atoms with E-state index in [1.54, 1.807) is 11.8 Å². The number of hydrogen-bond donors (Lipinski definition) is 1. The maximum Gasteiger partial charge on any atom is 0.256 e. The molecule has 0 atom stereocenters. The third-order valence-electron chi connectivity index (χ3n) is 4.75. The lowest BCUT2D eigenvalue weighted by molar-refractivity contribution is 0.0741. The van der Waals surface area contributed by atoms with Crippen LogP contribution < -0.4 is 9.62 Å². The molecule has 8 heteroatoms. The van der Waals surface area contributed by atoms with Crippen LogP contribution in [0.4, 0.5) is 10.1 Å². The maximum atomic E-state index is 14.3. The molecule has 0 aliphatic carbocycles. The van der Waals surface area contributed by atoms with Gasteiger partial charge in [0.1, 0.15) is 5.82 Å². The topological polar surface area (TPSA) is 69.7 Å². The van der Waals surface area contributed by atoms with Gasteiger partial charge in [-0.1, -0.05) is 19.1 Å². The molecule has 1 aliphatic heterocycles. The number of carbonyl (C=O) groups is 1. The van der Waals surface area contributed by atoms with Crippen LogP contribution in [0.5, 0.6) is 0 Å². The van der Waals surface area contributed by atoms with E-state index in [9.17, 15) is 17.6 Å². The second-order valence-electron chi connectivity index (χ2n) is 6.76. The molecule has 150 valence electrons. The van der Waals surface area contributed by atoms with Crippen LogP contribution in [-0.4, -0.2) is 51.9 Å². The summed E-state index contributed by atoms with van der Waals surface area (Å²) in [7, 11) is -3.76. The molecule has 1 heterocycles. The molecule has 1 amide bonds. The number of benzene rings is 2. The molecule has 1 saturated heterocycles. The van der Waals surface area contributed by atoms with Crippen molar-refractivity contribution in [2.24, 2.45) is 0 Å². The van der Waals surface area contributed by atoms with Gasteiger partial charge in [0.25, 0.3) is 5.91 Å². The van der Waals surface area contributed by atoms with Gasteiger partial charge in [-0.15, -0.1) is 0 Å². The van der Waals surface area contributed by atoms with Crippen LogP contribution in [-0.2, 0) is 10.0 Å². The standard InChI is InChI=1S/C20H24FN3O3S/c1-3-22-28(26,27)17-7-8-19(21)18(14-17)20(25)24-11-9-23(10-12-24)16-6-4-5-15(2)13-16/h4-8,13-14,22H,3,9-12H2,1-2H3. The van der Waals surface area contributed by atoms with Crippen molar-refractivity contribution < 1.29 is 17.6 Å². The predicted molar refractivity (Wildman–Crippen MR) is 107 cm³/mol. The van der Waals surface area contributed by atoms with Gasteiger partial charge in [-0.05, 0) is 42.8 Å². The number of anilines is 1. The second kappa shape index (κ2) is 8.28. The lowest BCUT2D eigenvalue weighted by atomic mass is 10.1. The van der Waals surface area contributed by atoms with Gasteiger partial charge in [0, 0.05) is 38.4 Å². The zero-order chi connectivity index (χ0) is 20.3. The van der Waals surface area contributed by atoms with Crippen molar-refractivity contribution in [1.29, 1.82) is 0 Å². The van der Waals surface area contributed by atoms with Crippen LogP contribution in [0.2, 0.25) is 0 Å². The largest absolute Gasteiger partial charge is 0.368 e. The number of piperazine rings is 1. The highest BCUT2D eigenvalue weighted by Gasteiger charge is 2.26. The van der Waals surface area contributed by atoms with E-state index in [1.807, 2.05) is 25.1 Å². The first kappa shape index (κ1) is 20.3. The first-order valence-electron chi connectivity index (χ1n) is 9.22. The van der Waals surface area contributed by atoms with E-state index < -0.39 is 21.7 Å². The van der Waals surface area contributed by atoms with E-state index in [0.29, 0.717) is 26.2 Å². The van der Waals surface area contributed by atoms with Crippen molar-refractivity contribution in [3.05, 3.63) is 59.4 Å². The Kier molecular flexibility index (Phi) is 6.00. The third kappa shape index (κ3) is 4.34. The first-order valence-corrected chi connectivity index (χ1v) is 10.7. The molecular weight excluding hydrogens is 381 g/mol.